The van der Waals surface area contributed by atoms with Gasteiger partial charge in [-0.05, 0) is 42.0 Å². The molecule has 2 amide bonds. The second kappa shape index (κ2) is 7.29. The summed E-state index contributed by atoms with van der Waals surface area (Å²) in [5.41, 5.74) is 7.40. The van der Waals surface area contributed by atoms with E-state index in [2.05, 4.69) is 20.9 Å². The average molecular weight is 421 g/mol. The minimum absolute atomic E-state index is 0.162. The molecule has 3 N–H and O–H groups in total. The van der Waals surface area contributed by atoms with Gasteiger partial charge in [0.2, 0.25) is 5.91 Å². The van der Waals surface area contributed by atoms with Crippen LogP contribution in [0.1, 0.15) is 16.1 Å². The van der Waals surface area contributed by atoms with Crippen molar-refractivity contribution in [2.45, 2.75) is 6.54 Å². The second-order valence-electron chi connectivity index (χ2n) is 5.67. The van der Waals surface area contributed by atoms with Crippen LogP contribution in [0.4, 0.5) is 0 Å². The minimum atomic E-state index is -0.565. The highest BCUT2D eigenvalue weighted by Gasteiger charge is 2.20. The molecule has 5 nitrogen and oxygen atoms in total. The Morgan fingerprint density at radius 1 is 1.12 bits per heavy atom. The van der Waals surface area contributed by atoms with E-state index >= 15 is 0 Å². The van der Waals surface area contributed by atoms with Crippen molar-refractivity contribution >= 4 is 50.2 Å². The number of hydrogen-bond acceptors (Lipinski definition) is 2. The molecule has 25 heavy (non-hydrogen) atoms. The molecule has 2 aromatic carbocycles. The molecule has 7 heteroatoms. The summed E-state index contributed by atoms with van der Waals surface area (Å²) in [6.45, 7) is 0.121. The number of hydrogen-bond donors (Lipinski definition) is 2. The zero-order valence-electron chi connectivity index (χ0n) is 13.1. The van der Waals surface area contributed by atoms with Gasteiger partial charge in [0.1, 0.15) is 12.2 Å². The molecule has 1 aromatic heterocycles. The van der Waals surface area contributed by atoms with Crippen molar-refractivity contribution < 1.29 is 9.59 Å². The number of primary amides is 1. The molecule has 0 saturated carbocycles. The molecule has 0 atom stereocenters. The molecule has 1 heterocycles. The highest BCUT2D eigenvalue weighted by atomic mass is 79.9. The van der Waals surface area contributed by atoms with Gasteiger partial charge in [-0.1, -0.05) is 39.7 Å². The molecule has 3 aromatic rings. The molecule has 0 saturated heterocycles. The van der Waals surface area contributed by atoms with Crippen molar-refractivity contribution in [3.63, 3.8) is 0 Å². The first-order valence-corrected chi connectivity index (χ1v) is 8.70. The first-order chi connectivity index (χ1) is 11.9. The third kappa shape index (κ3) is 4.21. The zero-order valence-corrected chi connectivity index (χ0v) is 15.5. The Kier molecular flexibility index (Phi) is 5.11. The van der Waals surface area contributed by atoms with Gasteiger partial charge in [-0.15, -0.1) is 0 Å². The summed E-state index contributed by atoms with van der Waals surface area (Å²) in [6.07, 6.45) is 0. The number of halogens is 2. The zero-order chi connectivity index (χ0) is 18.0. The molecule has 0 radical (unpaired) electrons. The van der Waals surface area contributed by atoms with Gasteiger partial charge in [0, 0.05) is 26.9 Å². The average Bonchev–Trinajstić information content (AvgIpc) is 2.98. The number of nitrogens with two attached hydrogens (primary N) is 1. The summed E-state index contributed by atoms with van der Waals surface area (Å²) in [5, 5.41) is 1.42. The molecule has 0 spiro atoms. The maximum Gasteiger partial charge on any atom is 0.271 e. The smallest absolute Gasteiger partial charge is 0.271 e. The van der Waals surface area contributed by atoms with Crippen LogP contribution in [0.25, 0.3) is 10.9 Å². The van der Waals surface area contributed by atoms with E-state index in [-0.39, 0.29) is 19.0 Å². The highest BCUT2D eigenvalue weighted by Crippen LogP contribution is 2.21. The first kappa shape index (κ1) is 17.5. The number of fused-ring (bicyclic) bond motifs is 1. The lowest BCUT2D eigenvalue weighted by Gasteiger charge is -2.20. The monoisotopic (exact) mass is 419 g/mol. The van der Waals surface area contributed by atoms with Crippen molar-refractivity contribution in [3.8, 4) is 0 Å². The highest BCUT2D eigenvalue weighted by molar-refractivity contribution is 9.10. The Morgan fingerprint density at radius 2 is 1.84 bits per heavy atom. The van der Waals surface area contributed by atoms with Gasteiger partial charge in [-0.3, -0.25) is 9.59 Å². The number of aromatic amines is 1. The SMILES string of the molecule is NC(=O)CN(Cc1ccc(Br)cc1)C(=O)c1cc2cc(Cl)ccc2[nH]1. The Morgan fingerprint density at radius 3 is 2.52 bits per heavy atom. The van der Waals surface area contributed by atoms with Gasteiger partial charge >= 0.3 is 0 Å². The molecule has 0 unspecified atom stereocenters. The third-order valence-corrected chi connectivity index (χ3v) is 4.50. The number of carbonyl (C=O) groups excluding carboxylic acids is 2. The molecule has 0 bridgehead atoms. The number of benzene rings is 2. The van der Waals surface area contributed by atoms with E-state index in [4.69, 9.17) is 17.3 Å². The van der Waals surface area contributed by atoms with Gasteiger partial charge in [0.15, 0.2) is 0 Å². The lowest BCUT2D eigenvalue weighted by molar-refractivity contribution is -0.118. The predicted molar refractivity (Wildman–Crippen MR) is 101 cm³/mol. The van der Waals surface area contributed by atoms with Crippen LogP contribution >= 0.6 is 27.5 Å². The van der Waals surface area contributed by atoms with Crippen LogP contribution in [0.5, 0.6) is 0 Å². The quantitative estimate of drug-likeness (QED) is 0.660. The number of nitrogens with zero attached hydrogens (tertiary/aromatic N) is 1. The number of carbonyl (C=O) groups is 2. The van der Waals surface area contributed by atoms with Crippen LogP contribution < -0.4 is 5.73 Å². The molecule has 0 aliphatic heterocycles. The lowest BCUT2D eigenvalue weighted by Crippen LogP contribution is -2.38. The van der Waals surface area contributed by atoms with Crippen LogP contribution in [-0.4, -0.2) is 28.2 Å². The molecular weight excluding hydrogens is 406 g/mol. The first-order valence-electron chi connectivity index (χ1n) is 7.52. The molecule has 0 aliphatic carbocycles. The molecule has 0 fully saturated rings. The number of nitrogens with one attached hydrogen (secondary N) is 1. The van der Waals surface area contributed by atoms with Crippen LogP contribution in [-0.2, 0) is 11.3 Å². The van der Waals surface area contributed by atoms with Crippen molar-refractivity contribution in [2.75, 3.05) is 6.54 Å². The number of aromatic nitrogens is 1. The van der Waals surface area contributed by atoms with Crippen LogP contribution in [0.2, 0.25) is 5.02 Å². The van der Waals surface area contributed by atoms with Crippen molar-refractivity contribution in [1.82, 2.24) is 9.88 Å². The summed E-state index contributed by atoms with van der Waals surface area (Å²) in [7, 11) is 0. The third-order valence-electron chi connectivity index (χ3n) is 3.73. The van der Waals surface area contributed by atoms with Crippen molar-refractivity contribution in [1.29, 1.82) is 0 Å². The summed E-state index contributed by atoms with van der Waals surface area (Å²) < 4.78 is 0.941. The standard InChI is InChI=1S/C18H15BrClN3O2/c19-13-3-1-11(2-4-13)9-23(10-17(21)24)18(25)16-8-12-7-14(20)5-6-15(12)22-16/h1-8,22H,9-10H2,(H2,21,24). The summed E-state index contributed by atoms with van der Waals surface area (Å²) in [5.74, 6) is -0.862. The largest absolute Gasteiger partial charge is 0.368 e. The fourth-order valence-electron chi connectivity index (χ4n) is 2.59. The van der Waals surface area contributed by atoms with E-state index in [0.717, 1.165) is 20.9 Å². The van der Waals surface area contributed by atoms with Crippen molar-refractivity contribution in [2.24, 2.45) is 5.73 Å². The van der Waals surface area contributed by atoms with E-state index in [1.54, 1.807) is 18.2 Å². The van der Waals surface area contributed by atoms with E-state index in [0.29, 0.717) is 10.7 Å². The van der Waals surface area contributed by atoms with Gasteiger partial charge in [0.25, 0.3) is 5.91 Å². The Labute approximate surface area is 157 Å². The van der Waals surface area contributed by atoms with Gasteiger partial charge < -0.3 is 15.6 Å². The molecule has 0 aliphatic rings. The number of H-pyrrole nitrogens is 1. The molecule has 3 rings (SSSR count). The van der Waals surface area contributed by atoms with E-state index in [1.807, 2.05) is 30.3 Å². The van der Waals surface area contributed by atoms with Crippen LogP contribution in [0.3, 0.4) is 0 Å². The summed E-state index contributed by atoms with van der Waals surface area (Å²) in [4.78, 5) is 28.7. The Hall–Kier alpha value is -2.31. The topological polar surface area (TPSA) is 79.2 Å². The van der Waals surface area contributed by atoms with Crippen LogP contribution in [0, 0.1) is 0 Å². The van der Waals surface area contributed by atoms with E-state index in [1.165, 1.54) is 4.90 Å². The van der Waals surface area contributed by atoms with Gasteiger partial charge in [0.05, 0.1) is 0 Å². The maximum atomic E-state index is 12.9. The predicted octanol–water partition coefficient (Wildman–Crippen LogP) is 3.71. The number of rotatable bonds is 5. The second-order valence-corrected chi connectivity index (χ2v) is 7.02. The normalized spacial score (nSPS) is 10.8. The number of amides is 2. The van der Waals surface area contributed by atoms with Crippen molar-refractivity contribution in [3.05, 3.63) is 69.3 Å². The van der Waals surface area contributed by atoms with Crippen LogP contribution in [0.15, 0.2) is 53.0 Å². The Bertz CT molecular complexity index is 937. The minimum Gasteiger partial charge on any atom is -0.368 e. The summed E-state index contributed by atoms with van der Waals surface area (Å²) >= 11 is 9.36. The lowest BCUT2D eigenvalue weighted by atomic mass is 10.2. The van der Waals surface area contributed by atoms with Gasteiger partial charge in [-0.25, -0.2) is 0 Å². The summed E-state index contributed by atoms with van der Waals surface area (Å²) in [6, 6.07) is 14.6. The molecular formula is C18H15BrClN3O2. The Balaban J connectivity index is 1.89. The molecule has 128 valence electrons. The maximum absolute atomic E-state index is 12.9. The fourth-order valence-corrected chi connectivity index (χ4v) is 3.03. The fraction of sp³-hybridized carbons (Fsp3) is 0.111. The van der Waals surface area contributed by atoms with Gasteiger partial charge in [-0.2, -0.15) is 0 Å². The van der Waals surface area contributed by atoms with E-state index < -0.39 is 5.91 Å². The van der Waals surface area contributed by atoms with E-state index in [9.17, 15) is 9.59 Å².